The van der Waals surface area contributed by atoms with E-state index in [-0.39, 0.29) is 6.61 Å². The normalized spacial score (nSPS) is 15.4. The van der Waals surface area contributed by atoms with Crippen molar-refractivity contribution in [2.75, 3.05) is 12.4 Å². The number of rotatable bonds is 5. The van der Waals surface area contributed by atoms with Gasteiger partial charge in [0, 0.05) is 21.3 Å². The lowest BCUT2D eigenvalue weighted by Gasteiger charge is -2.27. The van der Waals surface area contributed by atoms with Gasteiger partial charge in [0.25, 0.3) is 0 Å². The Morgan fingerprint density at radius 2 is 1.87 bits per heavy atom. The smallest absolute Gasteiger partial charge is 0.338 e. The van der Waals surface area contributed by atoms with Gasteiger partial charge in [-0.1, -0.05) is 46.5 Å². The van der Waals surface area contributed by atoms with Gasteiger partial charge in [-0.25, -0.2) is 4.79 Å². The van der Waals surface area contributed by atoms with Crippen molar-refractivity contribution < 1.29 is 14.3 Å². The Balaban J connectivity index is 1.61. The highest BCUT2D eigenvalue weighted by molar-refractivity contribution is 6.35. The minimum atomic E-state index is -0.532. The maximum atomic E-state index is 12.4. The minimum absolute atomic E-state index is 0.231. The second kappa shape index (κ2) is 8.33. The highest BCUT2D eigenvalue weighted by Crippen LogP contribution is 2.35. The van der Waals surface area contributed by atoms with Crippen LogP contribution >= 0.6 is 23.2 Å². The standard InChI is InChI=1S/C20H17Cl2N5O3/c1-11-17(19(28)29-2)18(27-20(23-11)24-25-26-27)12-6-8-13(9-7-12)30-10-14-15(21)4-3-5-16(14)22/h3-9,18H,10H2,1-2H3,(H,23,24,26). The number of carbonyl (C=O) groups is 1. The van der Waals surface area contributed by atoms with E-state index < -0.39 is 12.0 Å². The van der Waals surface area contributed by atoms with E-state index in [1.54, 1.807) is 41.9 Å². The summed E-state index contributed by atoms with van der Waals surface area (Å²) in [7, 11) is 1.34. The minimum Gasteiger partial charge on any atom is -0.489 e. The van der Waals surface area contributed by atoms with Gasteiger partial charge in [-0.05, 0) is 47.2 Å². The van der Waals surface area contributed by atoms with Gasteiger partial charge < -0.3 is 14.8 Å². The van der Waals surface area contributed by atoms with Gasteiger partial charge in [-0.2, -0.15) is 4.68 Å². The number of esters is 1. The molecule has 1 atom stereocenters. The summed E-state index contributed by atoms with van der Waals surface area (Å²) in [5.41, 5.74) is 2.57. The lowest BCUT2D eigenvalue weighted by Crippen LogP contribution is -2.29. The average molecular weight is 446 g/mol. The number of aromatic nitrogens is 4. The molecule has 3 aromatic rings. The summed E-state index contributed by atoms with van der Waals surface area (Å²) in [4.78, 5) is 12.4. The first-order chi connectivity index (χ1) is 14.5. The predicted molar refractivity (Wildman–Crippen MR) is 112 cm³/mol. The first-order valence-corrected chi connectivity index (χ1v) is 9.74. The molecule has 30 heavy (non-hydrogen) atoms. The fourth-order valence-corrected chi connectivity index (χ4v) is 3.77. The number of allylic oxidation sites excluding steroid dienone is 1. The number of fused-ring (bicyclic) bond motifs is 1. The summed E-state index contributed by atoms with van der Waals surface area (Å²) >= 11 is 12.4. The molecule has 0 saturated heterocycles. The zero-order chi connectivity index (χ0) is 21.3. The molecule has 0 aliphatic carbocycles. The lowest BCUT2D eigenvalue weighted by atomic mass is 9.96. The summed E-state index contributed by atoms with van der Waals surface area (Å²) in [5, 5.41) is 15.8. The van der Waals surface area contributed by atoms with Crippen LogP contribution in [0.4, 0.5) is 5.95 Å². The Labute approximate surface area is 182 Å². The molecule has 1 aliphatic heterocycles. The van der Waals surface area contributed by atoms with Crippen LogP contribution in [0, 0.1) is 0 Å². The van der Waals surface area contributed by atoms with E-state index in [2.05, 4.69) is 20.8 Å². The summed E-state index contributed by atoms with van der Waals surface area (Å²) < 4.78 is 12.3. The number of nitrogens with zero attached hydrogens (tertiary/aromatic N) is 4. The second-order valence-electron chi connectivity index (χ2n) is 6.56. The zero-order valence-corrected chi connectivity index (χ0v) is 17.6. The Bertz CT molecular complexity index is 1110. The summed E-state index contributed by atoms with van der Waals surface area (Å²) in [5.74, 6) is 0.611. The van der Waals surface area contributed by atoms with Crippen molar-refractivity contribution >= 4 is 35.1 Å². The molecule has 1 N–H and O–H groups in total. The van der Waals surface area contributed by atoms with Crippen LogP contribution in [0.2, 0.25) is 10.0 Å². The number of anilines is 1. The molecule has 10 heteroatoms. The zero-order valence-electron chi connectivity index (χ0n) is 16.1. The number of benzene rings is 2. The van der Waals surface area contributed by atoms with Crippen LogP contribution < -0.4 is 10.1 Å². The molecule has 0 spiro atoms. The molecule has 0 bridgehead atoms. The van der Waals surface area contributed by atoms with Crippen LogP contribution in [-0.2, 0) is 16.1 Å². The Morgan fingerprint density at radius 1 is 1.17 bits per heavy atom. The fraction of sp³-hybridized carbons (Fsp3) is 0.200. The van der Waals surface area contributed by atoms with Gasteiger partial charge in [0.1, 0.15) is 18.4 Å². The highest BCUT2D eigenvalue weighted by atomic mass is 35.5. The van der Waals surface area contributed by atoms with Gasteiger partial charge in [-0.3, -0.25) is 0 Å². The third kappa shape index (κ3) is 3.71. The van der Waals surface area contributed by atoms with Crippen LogP contribution in [0.25, 0.3) is 0 Å². The van der Waals surface area contributed by atoms with E-state index in [0.717, 1.165) is 5.56 Å². The molecule has 4 rings (SSSR count). The number of tetrazole rings is 1. The summed E-state index contributed by atoms with van der Waals surface area (Å²) in [6.07, 6.45) is 0. The van der Waals surface area contributed by atoms with Crippen molar-refractivity contribution in [2.24, 2.45) is 0 Å². The number of hydrogen-bond acceptors (Lipinski definition) is 7. The van der Waals surface area contributed by atoms with Gasteiger partial charge in [0.05, 0.1) is 12.7 Å². The van der Waals surface area contributed by atoms with Crippen molar-refractivity contribution in [3.63, 3.8) is 0 Å². The maximum Gasteiger partial charge on any atom is 0.338 e. The van der Waals surface area contributed by atoms with E-state index in [4.69, 9.17) is 32.7 Å². The topological polar surface area (TPSA) is 91.2 Å². The molecular weight excluding hydrogens is 429 g/mol. The van der Waals surface area contributed by atoms with Crippen LogP contribution in [0.15, 0.2) is 53.7 Å². The Hall–Kier alpha value is -3.10. The van der Waals surface area contributed by atoms with Gasteiger partial charge in [0.2, 0.25) is 5.95 Å². The van der Waals surface area contributed by atoms with Crippen LogP contribution in [0.5, 0.6) is 5.75 Å². The van der Waals surface area contributed by atoms with E-state index >= 15 is 0 Å². The SMILES string of the molecule is COC(=O)C1=C(C)Nc2nnnn2C1c1ccc(OCc2c(Cl)cccc2Cl)cc1. The molecule has 1 unspecified atom stereocenters. The largest absolute Gasteiger partial charge is 0.489 e. The average Bonchev–Trinajstić information content (AvgIpc) is 3.20. The van der Waals surface area contributed by atoms with Crippen LogP contribution in [-0.4, -0.2) is 33.3 Å². The fourth-order valence-electron chi connectivity index (χ4n) is 3.27. The number of halogens is 2. The van der Waals surface area contributed by atoms with E-state index in [1.165, 1.54) is 7.11 Å². The van der Waals surface area contributed by atoms with Crippen LogP contribution in [0.1, 0.15) is 24.1 Å². The molecule has 0 saturated carbocycles. The molecule has 8 nitrogen and oxygen atoms in total. The van der Waals surface area contributed by atoms with Crippen molar-refractivity contribution in [3.05, 3.63) is 74.9 Å². The van der Waals surface area contributed by atoms with Gasteiger partial charge in [0.15, 0.2) is 0 Å². The monoisotopic (exact) mass is 445 g/mol. The van der Waals surface area contributed by atoms with Crippen LogP contribution in [0.3, 0.4) is 0 Å². The number of hydrogen-bond donors (Lipinski definition) is 1. The number of ether oxygens (including phenoxy) is 2. The van der Waals surface area contributed by atoms with E-state index in [1.807, 2.05) is 12.1 Å². The van der Waals surface area contributed by atoms with Crippen molar-refractivity contribution in [1.29, 1.82) is 0 Å². The quantitative estimate of drug-likeness (QED) is 0.592. The summed E-state index contributed by atoms with van der Waals surface area (Å²) in [6.45, 7) is 2.01. The molecule has 1 aliphatic rings. The van der Waals surface area contributed by atoms with E-state index in [9.17, 15) is 4.79 Å². The maximum absolute atomic E-state index is 12.4. The second-order valence-corrected chi connectivity index (χ2v) is 7.38. The molecule has 154 valence electrons. The van der Waals surface area contributed by atoms with Crippen molar-refractivity contribution in [1.82, 2.24) is 20.2 Å². The highest BCUT2D eigenvalue weighted by Gasteiger charge is 2.34. The predicted octanol–water partition coefficient (Wildman–Crippen LogP) is 4.02. The molecule has 0 fully saturated rings. The molecule has 0 amide bonds. The molecule has 2 aromatic carbocycles. The Morgan fingerprint density at radius 3 is 2.53 bits per heavy atom. The third-order valence-electron chi connectivity index (χ3n) is 4.76. The van der Waals surface area contributed by atoms with Crippen molar-refractivity contribution in [3.8, 4) is 5.75 Å². The Kier molecular flexibility index (Phi) is 5.61. The van der Waals surface area contributed by atoms with E-state index in [0.29, 0.717) is 38.6 Å². The van der Waals surface area contributed by atoms with Gasteiger partial charge in [-0.15, -0.1) is 0 Å². The van der Waals surface area contributed by atoms with Gasteiger partial charge >= 0.3 is 5.97 Å². The number of carbonyl (C=O) groups excluding carboxylic acids is 1. The van der Waals surface area contributed by atoms with Crippen molar-refractivity contribution in [2.45, 2.75) is 19.6 Å². The summed E-state index contributed by atoms with van der Waals surface area (Å²) in [6, 6.07) is 12.1. The first kappa shape index (κ1) is 20.2. The molecular formula is C20H17Cl2N5O3. The molecule has 0 radical (unpaired) electrons. The number of methoxy groups -OCH3 is 1. The molecule has 2 heterocycles. The number of nitrogens with one attached hydrogen (secondary N) is 1. The molecule has 1 aromatic heterocycles. The first-order valence-electron chi connectivity index (χ1n) is 8.99. The third-order valence-corrected chi connectivity index (χ3v) is 5.47. The lowest BCUT2D eigenvalue weighted by molar-refractivity contribution is -0.136.